The predicted octanol–water partition coefficient (Wildman–Crippen LogP) is 2.47. The molecule has 1 fully saturated rings. The molecule has 4 heteroatoms. The number of hydrogen-bond acceptors (Lipinski definition) is 4. The molecule has 0 spiro atoms. The Hall–Kier alpha value is -0.740. The summed E-state index contributed by atoms with van der Waals surface area (Å²) in [6.07, 6.45) is 1.36. The molecule has 1 aromatic heterocycles. The summed E-state index contributed by atoms with van der Waals surface area (Å²) >= 11 is 2.03. The van der Waals surface area contributed by atoms with Crippen molar-refractivity contribution in [1.29, 1.82) is 0 Å². The molecule has 2 heterocycles. The number of nitrogens with zero attached hydrogens (tertiary/aromatic N) is 2. The van der Waals surface area contributed by atoms with Gasteiger partial charge in [0.25, 0.3) is 0 Å². The van der Waals surface area contributed by atoms with Crippen LogP contribution in [0.5, 0.6) is 0 Å². The fourth-order valence-electron chi connectivity index (χ4n) is 2.23. The standard InChI is InChI=1S/C13H20N2OS/c1-9-7-15(8-10(2)17-9)13-6-12(11(3)16)4-5-14-13/h4-6,9-11,16H,7-8H2,1-3H3/t9?,10?,11-/m0/s1. The maximum atomic E-state index is 9.60. The summed E-state index contributed by atoms with van der Waals surface area (Å²) in [6.45, 7) is 8.37. The van der Waals surface area contributed by atoms with E-state index in [0.29, 0.717) is 10.5 Å². The van der Waals surface area contributed by atoms with Crippen molar-refractivity contribution in [1.82, 2.24) is 4.98 Å². The Balaban J connectivity index is 2.18. The Morgan fingerprint density at radius 2 is 2.06 bits per heavy atom. The molecule has 1 aliphatic heterocycles. The van der Waals surface area contributed by atoms with Crippen LogP contribution in [0.4, 0.5) is 5.82 Å². The Kier molecular flexibility index (Phi) is 3.94. The molecule has 1 aliphatic rings. The highest BCUT2D eigenvalue weighted by molar-refractivity contribution is 8.00. The van der Waals surface area contributed by atoms with Crippen LogP contribution < -0.4 is 4.90 Å². The van der Waals surface area contributed by atoms with Crippen LogP contribution in [0.1, 0.15) is 32.4 Å². The first-order valence-corrected chi connectivity index (χ1v) is 7.05. The molecule has 0 aromatic carbocycles. The van der Waals surface area contributed by atoms with Crippen molar-refractivity contribution < 1.29 is 5.11 Å². The third-order valence-electron chi connectivity index (χ3n) is 3.00. The van der Waals surface area contributed by atoms with Gasteiger partial charge in [0.05, 0.1) is 6.10 Å². The number of anilines is 1. The second-order valence-corrected chi connectivity index (χ2v) is 6.67. The predicted molar refractivity (Wildman–Crippen MR) is 73.6 cm³/mol. The zero-order valence-electron chi connectivity index (χ0n) is 10.6. The average molecular weight is 252 g/mol. The fraction of sp³-hybridized carbons (Fsp3) is 0.615. The van der Waals surface area contributed by atoms with Crippen molar-refractivity contribution in [3.63, 3.8) is 0 Å². The lowest BCUT2D eigenvalue weighted by Gasteiger charge is -2.35. The highest BCUT2D eigenvalue weighted by atomic mass is 32.2. The van der Waals surface area contributed by atoms with Gasteiger partial charge in [-0.25, -0.2) is 4.98 Å². The Morgan fingerprint density at radius 3 is 2.65 bits per heavy atom. The van der Waals surface area contributed by atoms with Crippen LogP contribution in [0.3, 0.4) is 0 Å². The van der Waals surface area contributed by atoms with E-state index in [-0.39, 0.29) is 0 Å². The van der Waals surface area contributed by atoms with Gasteiger partial charge in [-0.2, -0.15) is 11.8 Å². The highest BCUT2D eigenvalue weighted by Gasteiger charge is 2.23. The minimum atomic E-state index is -0.425. The summed E-state index contributed by atoms with van der Waals surface area (Å²) in [7, 11) is 0. The molecule has 0 amide bonds. The van der Waals surface area contributed by atoms with Gasteiger partial charge in [-0.3, -0.25) is 0 Å². The van der Waals surface area contributed by atoms with Gasteiger partial charge < -0.3 is 10.0 Å². The third kappa shape index (κ3) is 3.13. The molecule has 0 radical (unpaired) electrons. The van der Waals surface area contributed by atoms with Gasteiger partial charge >= 0.3 is 0 Å². The normalized spacial score (nSPS) is 26.9. The molecule has 3 atom stereocenters. The molecule has 94 valence electrons. The first kappa shape index (κ1) is 12.7. The molecule has 0 bridgehead atoms. The minimum Gasteiger partial charge on any atom is -0.389 e. The average Bonchev–Trinajstić information content (AvgIpc) is 2.28. The van der Waals surface area contributed by atoms with Crippen molar-refractivity contribution in [3.05, 3.63) is 23.9 Å². The zero-order chi connectivity index (χ0) is 12.4. The molecule has 3 nitrogen and oxygen atoms in total. The summed E-state index contributed by atoms with van der Waals surface area (Å²) < 4.78 is 0. The van der Waals surface area contributed by atoms with Crippen molar-refractivity contribution in [2.24, 2.45) is 0 Å². The molecule has 1 saturated heterocycles. The molecule has 0 saturated carbocycles. The third-order valence-corrected chi connectivity index (χ3v) is 4.22. The van der Waals surface area contributed by atoms with E-state index in [0.717, 1.165) is 24.5 Å². The van der Waals surface area contributed by atoms with Gasteiger partial charge in [-0.15, -0.1) is 0 Å². The summed E-state index contributed by atoms with van der Waals surface area (Å²) in [5, 5.41) is 10.9. The minimum absolute atomic E-state index is 0.425. The number of rotatable bonds is 2. The van der Waals surface area contributed by atoms with Crippen molar-refractivity contribution >= 4 is 17.6 Å². The zero-order valence-corrected chi connectivity index (χ0v) is 11.4. The molecule has 17 heavy (non-hydrogen) atoms. The highest BCUT2D eigenvalue weighted by Crippen LogP contribution is 2.28. The van der Waals surface area contributed by atoms with E-state index >= 15 is 0 Å². The van der Waals surface area contributed by atoms with E-state index in [1.165, 1.54) is 0 Å². The quantitative estimate of drug-likeness (QED) is 0.877. The Bertz CT molecular complexity index is 373. The number of hydrogen-bond donors (Lipinski definition) is 1. The van der Waals surface area contributed by atoms with E-state index < -0.39 is 6.10 Å². The largest absolute Gasteiger partial charge is 0.389 e. The summed E-state index contributed by atoms with van der Waals surface area (Å²) in [4.78, 5) is 6.74. The molecule has 1 N–H and O–H groups in total. The Morgan fingerprint density at radius 1 is 1.41 bits per heavy atom. The van der Waals surface area contributed by atoms with Crippen molar-refractivity contribution in [3.8, 4) is 0 Å². The molecular weight excluding hydrogens is 232 g/mol. The maximum absolute atomic E-state index is 9.60. The molecule has 1 aromatic rings. The smallest absolute Gasteiger partial charge is 0.128 e. The van der Waals surface area contributed by atoms with Crippen LogP contribution in [0, 0.1) is 0 Å². The van der Waals surface area contributed by atoms with Gasteiger partial charge in [0.1, 0.15) is 5.82 Å². The van der Waals surface area contributed by atoms with E-state index in [1.807, 2.05) is 23.9 Å². The number of aromatic nitrogens is 1. The monoisotopic (exact) mass is 252 g/mol. The topological polar surface area (TPSA) is 36.4 Å². The SMILES string of the molecule is CC1CN(c2cc([C@H](C)O)ccn2)CC(C)S1. The van der Waals surface area contributed by atoms with Gasteiger partial charge in [0.15, 0.2) is 0 Å². The fourth-order valence-corrected chi connectivity index (χ4v) is 3.56. The lowest BCUT2D eigenvalue weighted by molar-refractivity contribution is 0.199. The lowest BCUT2D eigenvalue weighted by Crippen LogP contribution is -2.40. The number of pyridine rings is 1. The molecular formula is C13H20N2OS. The first-order chi connectivity index (χ1) is 8.06. The van der Waals surface area contributed by atoms with Gasteiger partial charge in [0.2, 0.25) is 0 Å². The Labute approximate surface area is 107 Å². The number of thioether (sulfide) groups is 1. The van der Waals surface area contributed by atoms with E-state index in [4.69, 9.17) is 0 Å². The summed E-state index contributed by atoms with van der Waals surface area (Å²) in [5.74, 6) is 0.988. The van der Waals surface area contributed by atoms with Crippen LogP contribution >= 0.6 is 11.8 Å². The molecule has 0 aliphatic carbocycles. The van der Waals surface area contributed by atoms with Crippen molar-refractivity contribution in [2.75, 3.05) is 18.0 Å². The van der Waals surface area contributed by atoms with Crippen LogP contribution in [-0.4, -0.2) is 33.7 Å². The van der Waals surface area contributed by atoms with Crippen LogP contribution in [0.15, 0.2) is 18.3 Å². The second kappa shape index (κ2) is 5.27. The van der Waals surface area contributed by atoms with Gasteiger partial charge in [-0.1, -0.05) is 13.8 Å². The van der Waals surface area contributed by atoms with Crippen molar-refractivity contribution in [2.45, 2.75) is 37.4 Å². The number of aliphatic hydroxyl groups excluding tert-OH is 1. The van der Waals surface area contributed by atoms with Gasteiger partial charge in [-0.05, 0) is 24.6 Å². The van der Waals surface area contributed by atoms with E-state index in [2.05, 4.69) is 23.7 Å². The molecule has 2 rings (SSSR count). The maximum Gasteiger partial charge on any atom is 0.128 e. The van der Waals surface area contributed by atoms with Crippen LogP contribution in [0.25, 0.3) is 0 Å². The lowest BCUT2D eigenvalue weighted by atomic mass is 10.1. The van der Waals surface area contributed by atoms with E-state index in [9.17, 15) is 5.11 Å². The summed E-state index contributed by atoms with van der Waals surface area (Å²) in [6, 6.07) is 3.87. The number of aliphatic hydroxyl groups is 1. The molecule has 2 unspecified atom stereocenters. The van der Waals surface area contributed by atoms with Crippen LogP contribution in [-0.2, 0) is 0 Å². The van der Waals surface area contributed by atoms with E-state index in [1.54, 1.807) is 13.1 Å². The second-order valence-electron chi connectivity index (χ2n) is 4.79. The van der Waals surface area contributed by atoms with Gasteiger partial charge in [0, 0.05) is 29.8 Å². The van der Waals surface area contributed by atoms with Crippen LogP contribution in [0.2, 0.25) is 0 Å². The summed E-state index contributed by atoms with van der Waals surface area (Å²) in [5.41, 5.74) is 0.938. The first-order valence-electron chi connectivity index (χ1n) is 6.10.